The molecule has 4 nitrogen and oxygen atoms in total. The number of nitrogens with zero attached hydrogens (tertiary/aromatic N) is 3. The molecule has 20 heavy (non-hydrogen) atoms. The van der Waals surface area contributed by atoms with Crippen molar-refractivity contribution in [3.63, 3.8) is 0 Å². The lowest BCUT2D eigenvalue weighted by Crippen LogP contribution is -1.90. The van der Waals surface area contributed by atoms with E-state index in [2.05, 4.69) is 22.4 Å². The van der Waals surface area contributed by atoms with Crippen LogP contribution in [-0.2, 0) is 4.74 Å². The van der Waals surface area contributed by atoms with Crippen LogP contribution in [0.2, 0.25) is 0 Å². The summed E-state index contributed by atoms with van der Waals surface area (Å²) in [5, 5.41) is 8.23. The molecule has 0 saturated carbocycles. The lowest BCUT2D eigenvalue weighted by atomic mass is 10.1. The van der Waals surface area contributed by atoms with E-state index in [4.69, 9.17) is 4.74 Å². The first kappa shape index (κ1) is 11.4. The van der Waals surface area contributed by atoms with Gasteiger partial charge in [-0.05, 0) is 23.8 Å². The molecule has 2 unspecified atom stereocenters. The lowest BCUT2D eigenvalue weighted by molar-refractivity contribution is 0.394. The van der Waals surface area contributed by atoms with E-state index in [-0.39, 0.29) is 12.2 Å². The Balaban J connectivity index is 1.53. The molecule has 0 radical (unpaired) electrons. The van der Waals surface area contributed by atoms with E-state index in [1.54, 1.807) is 4.68 Å². The van der Waals surface area contributed by atoms with Crippen molar-refractivity contribution in [2.24, 2.45) is 0 Å². The van der Waals surface area contributed by atoms with Crippen molar-refractivity contribution >= 4 is 17.2 Å². The summed E-state index contributed by atoms with van der Waals surface area (Å²) in [6.07, 6.45) is 4.24. The minimum Gasteiger partial charge on any atom is -0.360 e. The highest BCUT2D eigenvalue weighted by Crippen LogP contribution is 2.39. The fraction of sp³-hybridized carbons (Fsp3) is 0.125. The fourth-order valence-corrected chi connectivity index (χ4v) is 2.34. The monoisotopic (exact) mass is 263 g/mol. The van der Waals surface area contributed by atoms with Gasteiger partial charge >= 0.3 is 0 Å². The van der Waals surface area contributed by atoms with Gasteiger partial charge in [-0.2, -0.15) is 0 Å². The van der Waals surface area contributed by atoms with Crippen molar-refractivity contribution in [1.29, 1.82) is 0 Å². The Morgan fingerprint density at radius 3 is 2.70 bits per heavy atom. The molecule has 98 valence electrons. The quantitative estimate of drug-likeness (QED) is 0.682. The molecule has 2 atom stereocenters. The van der Waals surface area contributed by atoms with E-state index < -0.39 is 0 Å². The van der Waals surface area contributed by atoms with Gasteiger partial charge in [-0.15, -0.1) is 5.10 Å². The Kier molecular flexibility index (Phi) is 2.60. The van der Waals surface area contributed by atoms with Crippen LogP contribution < -0.4 is 0 Å². The third-order valence-electron chi connectivity index (χ3n) is 3.45. The van der Waals surface area contributed by atoms with Crippen LogP contribution in [0.5, 0.6) is 0 Å². The van der Waals surface area contributed by atoms with Crippen LogP contribution in [0.15, 0.2) is 60.7 Å². The molecule has 1 aromatic heterocycles. The van der Waals surface area contributed by atoms with Crippen molar-refractivity contribution in [2.75, 3.05) is 0 Å². The number of rotatable bonds is 3. The van der Waals surface area contributed by atoms with E-state index in [9.17, 15) is 0 Å². The molecule has 2 aromatic carbocycles. The Hall–Kier alpha value is -2.46. The molecule has 2 heterocycles. The number of para-hydroxylation sites is 1. The Morgan fingerprint density at radius 2 is 1.80 bits per heavy atom. The summed E-state index contributed by atoms with van der Waals surface area (Å²) in [5.74, 6) is 0. The molecule has 0 amide bonds. The van der Waals surface area contributed by atoms with Gasteiger partial charge in [-0.1, -0.05) is 47.7 Å². The molecule has 0 aliphatic carbocycles. The first-order valence-electron chi connectivity index (χ1n) is 6.60. The third kappa shape index (κ3) is 2.00. The second-order valence-corrected chi connectivity index (χ2v) is 4.80. The molecule has 3 aromatic rings. The topological polar surface area (TPSA) is 43.2 Å². The summed E-state index contributed by atoms with van der Waals surface area (Å²) in [6.45, 7) is 0. The first-order chi connectivity index (χ1) is 9.92. The van der Waals surface area contributed by atoms with Crippen molar-refractivity contribution in [3.05, 3.63) is 66.2 Å². The maximum absolute atomic E-state index is 5.67. The van der Waals surface area contributed by atoms with Crippen LogP contribution in [0.4, 0.5) is 0 Å². The average molecular weight is 263 g/mol. The molecule has 1 aliphatic heterocycles. The van der Waals surface area contributed by atoms with Gasteiger partial charge < -0.3 is 4.74 Å². The second kappa shape index (κ2) is 4.58. The number of hydrogen-bond donors (Lipinski definition) is 0. The SMILES string of the molecule is C(=Cn1nnc2ccccc21)C1OC1c1ccccc1. The summed E-state index contributed by atoms with van der Waals surface area (Å²) >= 11 is 0. The van der Waals surface area contributed by atoms with Gasteiger partial charge in [-0.3, -0.25) is 0 Å². The number of epoxide rings is 1. The molecule has 0 bridgehead atoms. The number of fused-ring (bicyclic) bond motifs is 1. The molecular formula is C16H13N3O. The summed E-state index contributed by atoms with van der Waals surface area (Å²) in [7, 11) is 0. The maximum Gasteiger partial charge on any atom is 0.113 e. The zero-order valence-corrected chi connectivity index (χ0v) is 10.8. The fourth-order valence-electron chi connectivity index (χ4n) is 2.34. The number of benzene rings is 2. The van der Waals surface area contributed by atoms with Gasteiger partial charge in [0.1, 0.15) is 17.7 Å². The zero-order chi connectivity index (χ0) is 13.4. The summed E-state index contributed by atoms with van der Waals surface area (Å²) in [6, 6.07) is 18.1. The smallest absolute Gasteiger partial charge is 0.113 e. The molecular weight excluding hydrogens is 250 g/mol. The van der Waals surface area contributed by atoms with Crippen molar-refractivity contribution < 1.29 is 4.74 Å². The molecule has 0 N–H and O–H groups in total. The van der Waals surface area contributed by atoms with E-state index in [0.29, 0.717) is 0 Å². The van der Waals surface area contributed by atoms with Crippen LogP contribution in [-0.4, -0.2) is 21.1 Å². The van der Waals surface area contributed by atoms with Gasteiger partial charge in [0.25, 0.3) is 0 Å². The Labute approximate surface area is 116 Å². The van der Waals surface area contributed by atoms with Crippen LogP contribution in [0.3, 0.4) is 0 Å². The number of ether oxygens (including phenoxy) is 1. The van der Waals surface area contributed by atoms with Crippen LogP contribution in [0, 0.1) is 0 Å². The summed E-state index contributed by atoms with van der Waals surface area (Å²) < 4.78 is 7.44. The average Bonchev–Trinajstić information content (AvgIpc) is 3.18. The summed E-state index contributed by atoms with van der Waals surface area (Å²) in [4.78, 5) is 0. The van der Waals surface area contributed by atoms with Gasteiger partial charge in [0.15, 0.2) is 0 Å². The molecule has 0 spiro atoms. The van der Waals surface area contributed by atoms with Crippen molar-refractivity contribution in [2.45, 2.75) is 12.2 Å². The van der Waals surface area contributed by atoms with Crippen LogP contribution in [0.25, 0.3) is 17.2 Å². The van der Waals surface area contributed by atoms with Crippen LogP contribution >= 0.6 is 0 Å². The van der Waals surface area contributed by atoms with E-state index in [1.807, 2.05) is 54.7 Å². The standard InChI is InChI=1S/C16H13N3O/c1-2-6-12(7-3-1)16-15(20-16)10-11-19-14-9-5-4-8-13(14)17-18-19/h1-11,15-16H. The van der Waals surface area contributed by atoms with E-state index >= 15 is 0 Å². The highest BCUT2D eigenvalue weighted by atomic mass is 16.6. The van der Waals surface area contributed by atoms with Crippen LogP contribution in [0.1, 0.15) is 11.7 Å². The largest absolute Gasteiger partial charge is 0.360 e. The molecule has 1 saturated heterocycles. The third-order valence-corrected chi connectivity index (χ3v) is 3.45. The zero-order valence-electron chi connectivity index (χ0n) is 10.8. The second-order valence-electron chi connectivity index (χ2n) is 4.80. The minimum atomic E-state index is 0.125. The first-order valence-corrected chi connectivity index (χ1v) is 6.60. The predicted octanol–water partition coefficient (Wildman–Crippen LogP) is 3.04. The lowest BCUT2D eigenvalue weighted by Gasteiger charge is -1.93. The molecule has 4 rings (SSSR count). The molecule has 1 aliphatic rings. The minimum absolute atomic E-state index is 0.125. The van der Waals surface area contributed by atoms with Gasteiger partial charge in [-0.25, -0.2) is 4.68 Å². The highest BCUT2D eigenvalue weighted by molar-refractivity contribution is 5.75. The van der Waals surface area contributed by atoms with E-state index in [0.717, 1.165) is 11.0 Å². The number of aromatic nitrogens is 3. The summed E-state index contributed by atoms with van der Waals surface area (Å²) in [5.41, 5.74) is 3.11. The van der Waals surface area contributed by atoms with Gasteiger partial charge in [0.2, 0.25) is 0 Å². The Morgan fingerprint density at radius 1 is 1.00 bits per heavy atom. The van der Waals surface area contributed by atoms with Gasteiger partial charge in [0.05, 0.1) is 5.52 Å². The predicted molar refractivity (Wildman–Crippen MR) is 76.9 cm³/mol. The van der Waals surface area contributed by atoms with Gasteiger partial charge in [0, 0.05) is 6.20 Å². The number of hydrogen-bond acceptors (Lipinski definition) is 3. The highest BCUT2D eigenvalue weighted by Gasteiger charge is 2.37. The maximum atomic E-state index is 5.67. The Bertz CT molecular complexity index is 764. The molecule has 4 heteroatoms. The van der Waals surface area contributed by atoms with Crippen molar-refractivity contribution in [3.8, 4) is 0 Å². The van der Waals surface area contributed by atoms with E-state index in [1.165, 1.54) is 5.56 Å². The normalized spacial score (nSPS) is 21.6. The molecule has 1 fully saturated rings. The van der Waals surface area contributed by atoms with Crippen molar-refractivity contribution in [1.82, 2.24) is 15.0 Å².